The third-order valence-corrected chi connectivity index (χ3v) is 1.54. The van der Waals surface area contributed by atoms with Gasteiger partial charge in [0.15, 0.2) is 0 Å². The van der Waals surface area contributed by atoms with Gasteiger partial charge in [-0.1, -0.05) is 0 Å². The molecule has 0 spiro atoms. The van der Waals surface area contributed by atoms with Gasteiger partial charge in [0.2, 0.25) is 0 Å². The second kappa shape index (κ2) is 4.57. The number of hydrogen-bond acceptors (Lipinski definition) is 4. The Morgan fingerprint density at radius 3 is 2.85 bits per heavy atom. The Bertz CT molecular complexity index is 276. The topological polar surface area (TPSA) is 64.7 Å². The maximum atomic E-state index is 9.13. The summed E-state index contributed by atoms with van der Waals surface area (Å²) in [6.45, 7) is 0.916. The first kappa shape index (κ1) is 9.67. The van der Waals surface area contributed by atoms with Gasteiger partial charge in [0.1, 0.15) is 18.1 Å². The van der Waals surface area contributed by atoms with Gasteiger partial charge in [-0.3, -0.25) is 0 Å². The second-order valence-corrected chi connectivity index (χ2v) is 2.56. The average Bonchev–Trinajstić information content (AvgIpc) is 2.11. The van der Waals surface area contributed by atoms with E-state index in [4.69, 9.17) is 20.3 Å². The molecule has 0 atom stereocenters. The maximum absolute atomic E-state index is 9.13. The standard InChI is InChI=1S/C9H13NO3/c1-12-4-5-13-9-6-7(11)2-3-8(9)10/h2-3,6,11H,4-5,10H2,1H3. The van der Waals surface area contributed by atoms with Crippen LogP contribution in [-0.2, 0) is 4.74 Å². The minimum Gasteiger partial charge on any atom is -0.508 e. The van der Waals surface area contributed by atoms with Gasteiger partial charge in [-0.05, 0) is 12.1 Å². The molecule has 0 unspecified atom stereocenters. The zero-order chi connectivity index (χ0) is 9.68. The summed E-state index contributed by atoms with van der Waals surface area (Å²) in [4.78, 5) is 0. The van der Waals surface area contributed by atoms with Gasteiger partial charge in [0, 0.05) is 13.2 Å². The fourth-order valence-corrected chi connectivity index (χ4v) is 0.883. The first-order valence-electron chi connectivity index (χ1n) is 3.94. The molecule has 0 bridgehead atoms. The van der Waals surface area contributed by atoms with Crippen molar-refractivity contribution in [2.45, 2.75) is 0 Å². The minimum atomic E-state index is 0.140. The highest BCUT2D eigenvalue weighted by Crippen LogP contribution is 2.25. The Morgan fingerprint density at radius 2 is 2.15 bits per heavy atom. The Labute approximate surface area is 76.9 Å². The van der Waals surface area contributed by atoms with E-state index in [1.165, 1.54) is 12.1 Å². The van der Waals surface area contributed by atoms with Crippen molar-refractivity contribution >= 4 is 5.69 Å². The zero-order valence-electron chi connectivity index (χ0n) is 7.49. The van der Waals surface area contributed by atoms with E-state index in [0.717, 1.165) is 0 Å². The third kappa shape index (κ3) is 2.83. The predicted molar refractivity (Wildman–Crippen MR) is 49.9 cm³/mol. The molecule has 0 aliphatic carbocycles. The van der Waals surface area contributed by atoms with Crippen LogP contribution in [0.1, 0.15) is 0 Å². The number of phenolic OH excluding ortho intramolecular Hbond substituents is 1. The molecular formula is C9H13NO3. The summed E-state index contributed by atoms with van der Waals surface area (Å²) in [6.07, 6.45) is 0. The molecule has 0 aliphatic heterocycles. The lowest BCUT2D eigenvalue weighted by atomic mass is 10.3. The molecule has 0 saturated heterocycles. The van der Waals surface area contributed by atoms with Crippen LogP contribution in [0.5, 0.6) is 11.5 Å². The average molecular weight is 183 g/mol. The van der Waals surface area contributed by atoms with Gasteiger partial charge in [-0.15, -0.1) is 0 Å². The molecule has 72 valence electrons. The first-order chi connectivity index (χ1) is 6.24. The van der Waals surface area contributed by atoms with Crippen molar-refractivity contribution in [2.24, 2.45) is 0 Å². The fraction of sp³-hybridized carbons (Fsp3) is 0.333. The Balaban J connectivity index is 2.59. The number of nitrogen functional groups attached to an aromatic ring is 1. The van der Waals surface area contributed by atoms with Crippen molar-refractivity contribution < 1.29 is 14.6 Å². The lowest BCUT2D eigenvalue weighted by Crippen LogP contribution is -2.05. The largest absolute Gasteiger partial charge is 0.508 e. The summed E-state index contributed by atoms with van der Waals surface area (Å²) in [5.74, 6) is 0.624. The van der Waals surface area contributed by atoms with Crippen molar-refractivity contribution in [1.29, 1.82) is 0 Å². The molecule has 0 radical (unpaired) electrons. The predicted octanol–water partition coefficient (Wildman–Crippen LogP) is 1.000. The number of aromatic hydroxyl groups is 1. The molecule has 13 heavy (non-hydrogen) atoms. The molecule has 0 saturated carbocycles. The summed E-state index contributed by atoms with van der Waals surface area (Å²) >= 11 is 0. The fourth-order valence-electron chi connectivity index (χ4n) is 0.883. The first-order valence-corrected chi connectivity index (χ1v) is 3.94. The summed E-state index contributed by atoms with van der Waals surface area (Å²) < 4.78 is 10.1. The second-order valence-electron chi connectivity index (χ2n) is 2.56. The molecule has 0 amide bonds. The van der Waals surface area contributed by atoms with Gasteiger partial charge >= 0.3 is 0 Å². The monoisotopic (exact) mass is 183 g/mol. The van der Waals surface area contributed by atoms with E-state index in [-0.39, 0.29) is 5.75 Å². The van der Waals surface area contributed by atoms with Crippen LogP contribution >= 0.6 is 0 Å². The van der Waals surface area contributed by atoms with Crippen molar-refractivity contribution in [2.75, 3.05) is 26.1 Å². The van der Waals surface area contributed by atoms with Crippen LogP contribution in [0, 0.1) is 0 Å². The van der Waals surface area contributed by atoms with Gasteiger partial charge in [0.05, 0.1) is 12.3 Å². The number of ether oxygens (including phenoxy) is 2. The quantitative estimate of drug-likeness (QED) is 0.415. The molecule has 0 aromatic heterocycles. The molecule has 1 aromatic carbocycles. The lowest BCUT2D eigenvalue weighted by molar-refractivity contribution is 0.146. The molecule has 3 N–H and O–H groups in total. The van der Waals surface area contributed by atoms with Crippen LogP contribution in [0.2, 0.25) is 0 Å². The van der Waals surface area contributed by atoms with Crippen LogP contribution in [0.3, 0.4) is 0 Å². The molecule has 1 rings (SSSR count). The molecule has 1 aromatic rings. The molecular weight excluding hydrogens is 170 g/mol. The normalized spacial score (nSPS) is 9.92. The summed E-state index contributed by atoms with van der Waals surface area (Å²) in [5.41, 5.74) is 6.10. The van der Waals surface area contributed by atoms with Gasteiger partial charge in [0.25, 0.3) is 0 Å². The zero-order valence-corrected chi connectivity index (χ0v) is 7.49. The van der Waals surface area contributed by atoms with E-state index in [1.54, 1.807) is 13.2 Å². The Hall–Kier alpha value is -1.42. The minimum absolute atomic E-state index is 0.140. The van der Waals surface area contributed by atoms with Gasteiger partial charge in [-0.2, -0.15) is 0 Å². The number of rotatable bonds is 4. The number of methoxy groups -OCH3 is 1. The van der Waals surface area contributed by atoms with E-state index >= 15 is 0 Å². The van der Waals surface area contributed by atoms with Crippen LogP contribution in [0.15, 0.2) is 18.2 Å². The van der Waals surface area contributed by atoms with Crippen LogP contribution in [-0.4, -0.2) is 25.4 Å². The smallest absolute Gasteiger partial charge is 0.145 e. The summed E-state index contributed by atoms with van der Waals surface area (Å²) in [6, 6.07) is 4.58. The van der Waals surface area contributed by atoms with Crippen molar-refractivity contribution in [3.8, 4) is 11.5 Å². The summed E-state index contributed by atoms with van der Waals surface area (Å²) in [7, 11) is 1.59. The molecule has 0 fully saturated rings. The van der Waals surface area contributed by atoms with Crippen LogP contribution in [0.4, 0.5) is 5.69 Å². The maximum Gasteiger partial charge on any atom is 0.145 e. The van der Waals surface area contributed by atoms with E-state index in [1.807, 2.05) is 0 Å². The van der Waals surface area contributed by atoms with Crippen molar-refractivity contribution in [1.82, 2.24) is 0 Å². The molecule has 0 heterocycles. The number of phenols is 1. The number of anilines is 1. The van der Waals surface area contributed by atoms with Gasteiger partial charge in [-0.25, -0.2) is 0 Å². The number of nitrogens with two attached hydrogens (primary N) is 1. The highest BCUT2D eigenvalue weighted by molar-refractivity contribution is 5.55. The SMILES string of the molecule is COCCOc1cc(O)ccc1N. The van der Waals surface area contributed by atoms with Crippen LogP contribution in [0.25, 0.3) is 0 Å². The van der Waals surface area contributed by atoms with Crippen molar-refractivity contribution in [3.63, 3.8) is 0 Å². The van der Waals surface area contributed by atoms with E-state index in [0.29, 0.717) is 24.7 Å². The molecule has 0 aliphatic rings. The highest BCUT2D eigenvalue weighted by atomic mass is 16.5. The van der Waals surface area contributed by atoms with Crippen LogP contribution < -0.4 is 10.5 Å². The van der Waals surface area contributed by atoms with E-state index in [9.17, 15) is 0 Å². The third-order valence-electron chi connectivity index (χ3n) is 1.54. The molecule has 4 nitrogen and oxygen atoms in total. The summed E-state index contributed by atoms with van der Waals surface area (Å²) in [5, 5.41) is 9.13. The van der Waals surface area contributed by atoms with E-state index in [2.05, 4.69) is 0 Å². The number of benzene rings is 1. The highest BCUT2D eigenvalue weighted by Gasteiger charge is 2.00. The van der Waals surface area contributed by atoms with Crippen molar-refractivity contribution in [3.05, 3.63) is 18.2 Å². The van der Waals surface area contributed by atoms with E-state index < -0.39 is 0 Å². The van der Waals surface area contributed by atoms with Gasteiger partial charge < -0.3 is 20.3 Å². The number of hydrogen-bond donors (Lipinski definition) is 2. The molecule has 4 heteroatoms. The Kier molecular flexibility index (Phi) is 3.40. The lowest BCUT2D eigenvalue weighted by Gasteiger charge is -2.08. The Morgan fingerprint density at radius 1 is 1.38 bits per heavy atom.